The van der Waals surface area contributed by atoms with Crippen molar-refractivity contribution in [1.82, 2.24) is 15.1 Å². The van der Waals surface area contributed by atoms with Crippen LogP contribution < -0.4 is 5.32 Å². The van der Waals surface area contributed by atoms with Crippen LogP contribution >= 0.6 is 11.6 Å². The minimum Gasteiger partial charge on any atom is -0.313 e. The Bertz CT molecular complexity index is 356. The Morgan fingerprint density at radius 1 is 1.60 bits per heavy atom. The van der Waals surface area contributed by atoms with Gasteiger partial charge in [-0.15, -0.1) is 0 Å². The minimum absolute atomic E-state index is 0.291. The molecule has 1 aromatic rings. The first-order chi connectivity index (χ1) is 7.24. The fourth-order valence-corrected chi connectivity index (χ4v) is 3.37. The number of aryl methyl sites for hydroxylation is 1. The van der Waals surface area contributed by atoms with Crippen LogP contribution in [0.2, 0.25) is 5.02 Å². The Labute approximate surface area is 94.8 Å². The zero-order chi connectivity index (χ0) is 10.5. The number of nitrogens with one attached hydrogen (secondary N) is 1. The predicted octanol–water partition coefficient (Wildman–Crippen LogP) is 1.86. The largest absolute Gasteiger partial charge is 0.313 e. The molecule has 0 spiro atoms. The van der Waals surface area contributed by atoms with Crippen molar-refractivity contribution in [2.45, 2.75) is 37.1 Å². The van der Waals surface area contributed by atoms with Gasteiger partial charge in [-0.2, -0.15) is 5.10 Å². The van der Waals surface area contributed by atoms with Gasteiger partial charge in [0.05, 0.1) is 16.9 Å². The van der Waals surface area contributed by atoms with E-state index in [2.05, 4.69) is 10.4 Å². The summed E-state index contributed by atoms with van der Waals surface area (Å²) in [5.41, 5.74) is 1.53. The summed E-state index contributed by atoms with van der Waals surface area (Å²) in [7, 11) is 2.00. The molecule has 0 radical (unpaired) electrons. The number of hydrogen-bond acceptors (Lipinski definition) is 2. The van der Waals surface area contributed by atoms with Crippen molar-refractivity contribution in [1.29, 1.82) is 0 Å². The van der Waals surface area contributed by atoms with E-state index in [0.717, 1.165) is 11.6 Å². The molecule has 4 heteroatoms. The molecule has 2 heterocycles. The average molecular weight is 226 g/mol. The van der Waals surface area contributed by atoms with Crippen molar-refractivity contribution in [3.05, 3.63) is 16.9 Å². The van der Waals surface area contributed by atoms with Gasteiger partial charge in [-0.1, -0.05) is 11.6 Å². The molecule has 1 saturated heterocycles. The second kappa shape index (κ2) is 3.22. The van der Waals surface area contributed by atoms with E-state index in [4.69, 9.17) is 11.6 Å². The smallest absolute Gasteiger partial charge is 0.0824 e. The standard InChI is InChI=1S/C11H16ClN3/c1-15-10(8(12)7-14-15)11(4-5-11)9-3-2-6-13-9/h7,9,13H,2-6H2,1H3. The van der Waals surface area contributed by atoms with Crippen LogP contribution in [0.25, 0.3) is 0 Å². The lowest BCUT2D eigenvalue weighted by molar-refractivity contribution is 0.445. The summed E-state index contributed by atoms with van der Waals surface area (Å²) in [4.78, 5) is 0. The maximum Gasteiger partial charge on any atom is 0.0824 e. The number of nitrogens with zero attached hydrogens (tertiary/aromatic N) is 2. The third-order valence-corrected chi connectivity index (χ3v) is 4.16. The van der Waals surface area contributed by atoms with Crippen molar-refractivity contribution >= 4 is 11.6 Å². The molecule has 1 N–H and O–H groups in total. The maximum atomic E-state index is 6.24. The molecule has 1 aliphatic carbocycles. The molecule has 2 aliphatic rings. The highest BCUT2D eigenvalue weighted by Gasteiger charge is 2.54. The molecule has 3 nitrogen and oxygen atoms in total. The third-order valence-electron chi connectivity index (χ3n) is 3.88. The predicted molar refractivity (Wildman–Crippen MR) is 60.2 cm³/mol. The Hall–Kier alpha value is -0.540. The molecule has 82 valence electrons. The first-order valence-electron chi connectivity index (χ1n) is 5.65. The quantitative estimate of drug-likeness (QED) is 0.833. The monoisotopic (exact) mass is 225 g/mol. The fourth-order valence-electron chi connectivity index (χ4n) is 3.01. The summed E-state index contributed by atoms with van der Waals surface area (Å²) < 4.78 is 1.95. The Balaban J connectivity index is 1.98. The Kier molecular flexibility index (Phi) is 2.08. The highest BCUT2D eigenvalue weighted by molar-refractivity contribution is 6.31. The highest BCUT2D eigenvalue weighted by Crippen LogP contribution is 2.54. The van der Waals surface area contributed by atoms with E-state index in [0.29, 0.717) is 11.5 Å². The van der Waals surface area contributed by atoms with Crippen LogP contribution in [-0.4, -0.2) is 22.4 Å². The maximum absolute atomic E-state index is 6.24. The van der Waals surface area contributed by atoms with Crippen LogP contribution in [0.4, 0.5) is 0 Å². The van der Waals surface area contributed by atoms with Crippen molar-refractivity contribution < 1.29 is 0 Å². The van der Waals surface area contributed by atoms with Crippen LogP contribution in [0.3, 0.4) is 0 Å². The second-order valence-electron chi connectivity index (χ2n) is 4.77. The van der Waals surface area contributed by atoms with Crippen molar-refractivity contribution in [3.63, 3.8) is 0 Å². The lowest BCUT2D eigenvalue weighted by atomic mass is 9.91. The van der Waals surface area contributed by atoms with E-state index in [1.54, 1.807) is 6.20 Å². The van der Waals surface area contributed by atoms with Crippen LogP contribution in [0.15, 0.2) is 6.20 Å². The highest BCUT2D eigenvalue weighted by atomic mass is 35.5. The van der Waals surface area contributed by atoms with Gasteiger partial charge >= 0.3 is 0 Å². The number of halogens is 1. The fraction of sp³-hybridized carbons (Fsp3) is 0.727. The Morgan fingerprint density at radius 2 is 2.40 bits per heavy atom. The lowest BCUT2D eigenvalue weighted by Gasteiger charge is -2.23. The normalized spacial score (nSPS) is 28.3. The second-order valence-corrected chi connectivity index (χ2v) is 5.18. The van der Waals surface area contributed by atoms with Gasteiger partial charge in [-0.05, 0) is 32.2 Å². The van der Waals surface area contributed by atoms with E-state index in [1.165, 1.54) is 31.4 Å². The summed E-state index contributed by atoms with van der Waals surface area (Å²) in [5.74, 6) is 0. The topological polar surface area (TPSA) is 29.9 Å². The van der Waals surface area contributed by atoms with E-state index in [1.807, 2.05) is 11.7 Å². The van der Waals surface area contributed by atoms with Gasteiger partial charge in [0.15, 0.2) is 0 Å². The van der Waals surface area contributed by atoms with Crippen LogP contribution in [0, 0.1) is 0 Å². The van der Waals surface area contributed by atoms with Crippen molar-refractivity contribution in [3.8, 4) is 0 Å². The van der Waals surface area contributed by atoms with Gasteiger partial charge in [-0.25, -0.2) is 0 Å². The van der Waals surface area contributed by atoms with Crippen molar-refractivity contribution in [2.75, 3.05) is 6.54 Å². The molecule has 1 aliphatic heterocycles. The molecule has 0 aromatic carbocycles. The summed E-state index contributed by atoms with van der Waals surface area (Å²) in [6.45, 7) is 1.15. The first kappa shape index (κ1) is 9.67. The van der Waals surface area contributed by atoms with Crippen LogP contribution in [0.5, 0.6) is 0 Å². The molecule has 2 fully saturated rings. The van der Waals surface area contributed by atoms with Crippen molar-refractivity contribution in [2.24, 2.45) is 7.05 Å². The number of rotatable bonds is 2. The first-order valence-corrected chi connectivity index (χ1v) is 6.03. The summed E-state index contributed by atoms with van der Waals surface area (Å²) in [6, 6.07) is 0.616. The van der Waals surface area contributed by atoms with Gasteiger partial charge in [0.1, 0.15) is 0 Å². The minimum atomic E-state index is 0.291. The third kappa shape index (κ3) is 1.33. The van der Waals surface area contributed by atoms with E-state index >= 15 is 0 Å². The summed E-state index contributed by atoms with van der Waals surface area (Å²) in [6.07, 6.45) is 6.85. The van der Waals surface area contributed by atoms with Crippen LogP contribution in [0.1, 0.15) is 31.4 Å². The molecule has 0 amide bonds. The van der Waals surface area contributed by atoms with E-state index in [9.17, 15) is 0 Å². The molecule has 1 saturated carbocycles. The Morgan fingerprint density at radius 3 is 2.87 bits per heavy atom. The van der Waals surface area contributed by atoms with Gasteiger partial charge in [0, 0.05) is 18.5 Å². The molecule has 1 aromatic heterocycles. The van der Waals surface area contributed by atoms with Gasteiger partial charge < -0.3 is 5.32 Å². The molecule has 0 bridgehead atoms. The average Bonchev–Trinajstić information content (AvgIpc) is 2.70. The number of hydrogen-bond donors (Lipinski definition) is 1. The van der Waals surface area contributed by atoms with Gasteiger partial charge in [-0.3, -0.25) is 4.68 Å². The van der Waals surface area contributed by atoms with E-state index < -0.39 is 0 Å². The number of aromatic nitrogens is 2. The molecule has 15 heavy (non-hydrogen) atoms. The zero-order valence-corrected chi connectivity index (χ0v) is 9.72. The zero-order valence-electron chi connectivity index (χ0n) is 8.96. The van der Waals surface area contributed by atoms with Gasteiger partial charge in [0.2, 0.25) is 0 Å². The SMILES string of the molecule is Cn1ncc(Cl)c1C1(C2CCCN2)CC1. The molecule has 1 unspecified atom stereocenters. The summed E-state index contributed by atoms with van der Waals surface area (Å²) >= 11 is 6.24. The molecule has 1 atom stereocenters. The molecular weight excluding hydrogens is 210 g/mol. The van der Waals surface area contributed by atoms with Crippen LogP contribution in [-0.2, 0) is 12.5 Å². The lowest BCUT2D eigenvalue weighted by Crippen LogP contribution is -2.36. The molecular formula is C11H16ClN3. The van der Waals surface area contributed by atoms with E-state index in [-0.39, 0.29) is 0 Å². The summed E-state index contributed by atoms with van der Waals surface area (Å²) in [5, 5.41) is 8.69. The molecule has 3 rings (SSSR count). The van der Waals surface area contributed by atoms with Gasteiger partial charge in [0.25, 0.3) is 0 Å².